The lowest BCUT2D eigenvalue weighted by Gasteiger charge is -2.11. The summed E-state index contributed by atoms with van der Waals surface area (Å²) in [7, 11) is 0. The first kappa shape index (κ1) is 18.6. The van der Waals surface area contributed by atoms with Crippen molar-refractivity contribution in [2.75, 3.05) is 0 Å². The average molecular weight is 361 g/mol. The maximum Gasteiger partial charge on any atom is 0.251 e. The number of hydrogen-bond acceptors (Lipinski definition) is 4. The molecule has 0 fully saturated rings. The van der Waals surface area contributed by atoms with E-state index in [9.17, 15) is 4.79 Å². The first-order valence-electron chi connectivity index (χ1n) is 9.04. The summed E-state index contributed by atoms with van der Waals surface area (Å²) in [6, 6.07) is 16.9. The van der Waals surface area contributed by atoms with Gasteiger partial charge in [-0.25, -0.2) is 4.98 Å². The quantitative estimate of drug-likeness (QED) is 0.687. The number of nitrogens with one attached hydrogen (secondary N) is 1. The van der Waals surface area contributed by atoms with Crippen LogP contribution >= 0.6 is 0 Å². The van der Waals surface area contributed by atoms with E-state index in [0.717, 1.165) is 17.5 Å². The Balaban J connectivity index is 1.72. The van der Waals surface area contributed by atoms with Gasteiger partial charge in [0, 0.05) is 29.4 Å². The molecule has 0 bridgehead atoms. The fourth-order valence-electron chi connectivity index (χ4n) is 2.53. The molecule has 2 aromatic carbocycles. The minimum absolute atomic E-state index is 0.0836. The number of carbonyl (C=O) groups is 1. The van der Waals surface area contributed by atoms with E-state index in [1.165, 1.54) is 0 Å². The van der Waals surface area contributed by atoms with Crippen LogP contribution in [0.3, 0.4) is 0 Å². The number of nitrogens with zero attached hydrogens (tertiary/aromatic N) is 2. The molecule has 0 saturated carbocycles. The lowest BCUT2D eigenvalue weighted by atomic mass is 10.1. The Kier molecular flexibility index (Phi) is 5.81. The van der Waals surface area contributed by atoms with Crippen LogP contribution in [0, 0.1) is 6.92 Å². The van der Waals surface area contributed by atoms with E-state index in [4.69, 9.17) is 4.74 Å². The van der Waals surface area contributed by atoms with Gasteiger partial charge in [-0.15, -0.1) is 0 Å². The van der Waals surface area contributed by atoms with Gasteiger partial charge in [0.25, 0.3) is 5.91 Å². The average Bonchev–Trinajstić information content (AvgIpc) is 2.68. The van der Waals surface area contributed by atoms with Crippen molar-refractivity contribution in [3.8, 4) is 23.0 Å². The Morgan fingerprint density at radius 1 is 1.15 bits per heavy atom. The standard InChI is InChI=1S/C22H23N3O2/c1-4-16(3)24-22(26)17-8-10-19(11-9-17)27-20-12-13-23-21(25-20)18-7-5-6-15(2)14-18/h5-14,16H,4H2,1-3H3,(H,24,26). The van der Waals surface area contributed by atoms with Gasteiger partial charge < -0.3 is 10.1 Å². The fraction of sp³-hybridized carbons (Fsp3) is 0.227. The third-order valence-electron chi connectivity index (χ3n) is 4.24. The first-order chi connectivity index (χ1) is 13.0. The second-order valence-corrected chi connectivity index (χ2v) is 6.50. The Hall–Kier alpha value is -3.21. The van der Waals surface area contributed by atoms with Crippen molar-refractivity contribution in [2.45, 2.75) is 33.2 Å². The predicted molar refractivity (Wildman–Crippen MR) is 106 cm³/mol. The molecule has 3 aromatic rings. The number of aromatic nitrogens is 2. The fourth-order valence-corrected chi connectivity index (χ4v) is 2.53. The monoisotopic (exact) mass is 361 g/mol. The van der Waals surface area contributed by atoms with Gasteiger partial charge >= 0.3 is 0 Å². The van der Waals surface area contributed by atoms with Crippen molar-refractivity contribution in [2.24, 2.45) is 0 Å². The van der Waals surface area contributed by atoms with Gasteiger partial charge in [-0.05, 0) is 50.6 Å². The third-order valence-corrected chi connectivity index (χ3v) is 4.24. The van der Waals surface area contributed by atoms with E-state index in [2.05, 4.69) is 15.3 Å². The molecule has 1 aromatic heterocycles. The van der Waals surface area contributed by atoms with Crippen LogP contribution in [0.15, 0.2) is 60.8 Å². The van der Waals surface area contributed by atoms with Crippen molar-refractivity contribution in [3.05, 3.63) is 71.9 Å². The number of aryl methyl sites for hydroxylation is 1. The highest BCUT2D eigenvalue weighted by Crippen LogP contribution is 2.23. The van der Waals surface area contributed by atoms with Gasteiger partial charge in [-0.3, -0.25) is 4.79 Å². The van der Waals surface area contributed by atoms with Gasteiger partial charge in [0.15, 0.2) is 5.82 Å². The molecule has 1 N–H and O–H groups in total. The van der Waals surface area contributed by atoms with Crippen molar-refractivity contribution in [1.82, 2.24) is 15.3 Å². The molecule has 0 aliphatic heterocycles. The molecule has 3 rings (SSSR count). The summed E-state index contributed by atoms with van der Waals surface area (Å²) < 4.78 is 5.82. The molecule has 1 unspecified atom stereocenters. The Morgan fingerprint density at radius 2 is 1.93 bits per heavy atom. The Morgan fingerprint density at radius 3 is 2.63 bits per heavy atom. The van der Waals surface area contributed by atoms with E-state index in [1.807, 2.05) is 45.0 Å². The van der Waals surface area contributed by atoms with Gasteiger partial charge in [0.1, 0.15) is 5.75 Å². The van der Waals surface area contributed by atoms with E-state index < -0.39 is 0 Å². The number of ether oxygens (including phenoxy) is 1. The van der Waals surface area contributed by atoms with Crippen LogP contribution in [-0.2, 0) is 0 Å². The number of benzene rings is 2. The topological polar surface area (TPSA) is 64.1 Å². The molecule has 0 aliphatic rings. The van der Waals surface area contributed by atoms with Crippen LogP contribution < -0.4 is 10.1 Å². The highest BCUT2D eigenvalue weighted by Gasteiger charge is 2.09. The van der Waals surface area contributed by atoms with E-state index in [-0.39, 0.29) is 11.9 Å². The van der Waals surface area contributed by atoms with Gasteiger partial charge in [0.05, 0.1) is 0 Å². The van der Waals surface area contributed by atoms with Crippen LogP contribution in [0.25, 0.3) is 11.4 Å². The second kappa shape index (κ2) is 8.45. The molecule has 1 heterocycles. The number of amides is 1. The SMILES string of the molecule is CCC(C)NC(=O)c1ccc(Oc2ccnc(-c3cccc(C)c3)n2)cc1. The minimum atomic E-state index is -0.0836. The van der Waals surface area contributed by atoms with E-state index >= 15 is 0 Å². The zero-order valence-electron chi connectivity index (χ0n) is 15.8. The molecule has 0 aliphatic carbocycles. The predicted octanol–water partition coefficient (Wildman–Crippen LogP) is 4.77. The lowest BCUT2D eigenvalue weighted by Crippen LogP contribution is -2.31. The molecule has 5 nitrogen and oxygen atoms in total. The summed E-state index contributed by atoms with van der Waals surface area (Å²) in [5.41, 5.74) is 2.69. The lowest BCUT2D eigenvalue weighted by molar-refractivity contribution is 0.0939. The number of hydrogen-bond donors (Lipinski definition) is 1. The zero-order valence-corrected chi connectivity index (χ0v) is 15.8. The van der Waals surface area contributed by atoms with Crippen molar-refractivity contribution >= 4 is 5.91 Å². The summed E-state index contributed by atoms with van der Waals surface area (Å²) >= 11 is 0. The summed E-state index contributed by atoms with van der Waals surface area (Å²) in [5, 5.41) is 2.94. The Labute approximate surface area is 159 Å². The number of rotatable bonds is 6. The Bertz CT molecular complexity index is 923. The normalized spacial score (nSPS) is 11.7. The molecular formula is C22H23N3O2. The molecule has 0 saturated heterocycles. The summed E-state index contributed by atoms with van der Waals surface area (Å²) in [6.45, 7) is 6.05. The van der Waals surface area contributed by atoms with Crippen molar-refractivity contribution < 1.29 is 9.53 Å². The maximum atomic E-state index is 12.1. The van der Waals surface area contributed by atoms with Gasteiger partial charge in [-0.1, -0.05) is 30.7 Å². The molecule has 1 amide bonds. The highest BCUT2D eigenvalue weighted by atomic mass is 16.5. The highest BCUT2D eigenvalue weighted by molar-refractivity contribution is 5.94. The van der Waals surface area contributed by atoms with Crippen LogP contribution in [-0.4, -0.2) is 21.9 Å². The molecule has 0 radical (unpaired) electrons. The van der Waals surface area contributed by atoms with E-state index in [1.54, 1.807) is 36.5 Å². The third kappa shape index (κ3) is 4.91. The largest absolute Gasteiger partial charge is 0.439 e. The van der Waals surface area contributed by atoms with Gasteiger partial charge in [-0.2, -0.15) is 4.98 Å². The van der Waals surface area contributed by atoms with Crippen LogP contribution in [0.5, 0.6) is 11.6 Å². The summed E-state index contributed by atoms with van der Waals surface area (Å²) in [5.74, 6) is 1.60. The molecule has 27 heavy (non-hydrogen) atoms. The minimum Gasteiger partial charge on any atom is -0.439 e. The van der Waals surface area contributed by atoms with Crippen LogP contribution in [0.4, 0.5) is 0 Å². The second-order valence-electron chi connectivity index (χ2n) is 6.50. The van der Waals surface area contributed by atoms with Gasteiger partial charge in [0.2, 0.25) is 5.88 Å². The molecule has 0 spiro atoms. The van der Waals surface area contributed by atoms with Crippen molar-refractivity contribution in [1.29, 1.82) is 0 Å². The summed E-state index contributed by atoms with van der Waals surface area (Å²) in [6.07, 6.45) is 2.57. The zero-order chi connectivity index (χ0) is 19.2. The first-order valence-corrected chi connectivity index (χ1v) is 9.04. The number of carbonyl (C=O) groups excluding carboxylic acids is 1. The molecule has 5 heteroatoms. The van der Waals surface area contributed by atoms with Crippen molar-refractivity contribution in [3.63, 3.8) is 0 Å². The molecule has 1 atom stereocenters. The maximum absolute atomic E-state index is 12.1. The van der Waals surface area contributed by atoms with Crippen LogP contribution in [0.2, 0.25) is 0 Å². The van der Waals surface area contributed by atoms with E-state index in [0.29, 0.717) is 23.0 Å². The summed E-state index contributed by atoms with van der Waals surface area (Å²) in [4.78, 5) is 20.9. The van der Waals surface area contributed by atoms with Crippen LogP contribution in [0.1, 0.15) is 36.2 Å². The smallest absolute Gasteiger partial charge is 0.251 e. The molecular weight excluding hydrogens is 338 g/mol. The molecule has 138 valence electrons.